The Morgan fingerprint density at radius 2 is 1.85 bits per heavy atom. The molecule has 10 heteroatoms. The third-order valence-corrected chi connectivity index (χ3v) is 5.40. The number of rotatable bonds is 4. The zero-order valence-corrected chi connectivity index (χ0v) is 15.1. The number of hydrogen-bond acceptors (Lipinski definition) is 8. The van der Waals surface area contributed by atoms with E-state index in [0.717, 1.165) is 31.1 Å². The Labute approximate surface area is 151 Å². The smallest absolute Gasteiger partial charge is 0.270 e. The van der Waals surface area contributed by atoms with Gasteiger partial charge in [-0.15, -0.1) is 5.10 Å². The summed E-state index contributed by atoms with van der Waals surface area (Å²) in [5, 5.41) is 19.0. The van der Waals surface area contributed by atoms with Crippen molar-refractivity contribution in [1.29, 1.82) is 0 Å². The van der Waals surface area contributed by atoms with Gasteiger partial charge in [0.25, 0.3) is 5.69 Å². The molecule has 1 aliphatic rings. The van der Waals surface area contributed by atoms with Crippen molar-refractivity contribution in [2.45, 2.75) is 11.3 Å². The van der Waals surface area contributed by atoms with Crippen LogP contribution in [0, 0.1) is 10.1 Å². The first-order valence-electron chi connectivity index (χ1n) is 8.12. The van der Waals surface area contributed by atoms with Gasteiger partial charge in [-0.1, -0.05) is 0 Å². The molecule has 1 aromatic heterocycles. The number of hydrogen-bond donors (Lipinski definition) is 0. The lowest BCUT2D eigenvalue weighted by atomic mass is 10.2. The minimum atomic E-state index is -3.60. The summed E-state index contributed by atoms with van der Waals surface area (Å²) in [5.41, 5.74) is 0.268. The summed E-state index contributed by atoms with van der Waals surface area (Å²) in [6, 6.07) is 7.71. The average Bonchev–Trinajstić information content (AvgIpc) is 2.87. The van der Waals surface area contributed by atoms with E-state index in [1.54, 1.807) is 6.20 Å². The Hall–Kier alpha value is -2.75. The monoisotopic (exact) mass is 377 g/mol. The summed E-state index contributed by atoms with van der Waals surface area (Å²) in [4.78, 5) is 14.4. The molecule has 1 saturated heterocycles. The molecule has 3 rings (SSSR count). The van der Waals surface area contributed by atoms with Crippen LogP contribution < -0.4 is 9.80 Å². The Morgan fingerprint density at radius 3 is 2.50 bits per heavy atom. The predicted molar refractivity (Wildman–Crippen MR) is 97.3 cm³/mol. The predicted octanol–water partition coefficient (Wildman–Crippen LogP) is 1.50. The minimum Gasteiger partial charge on any atom is -0.369 e. The second kappa shape index (κ2) is 7.24. The first kappa shape index (κ1) is 18.1. The molecule has 0 amide bonds. The van der Waals surface area contributed by atoms with Crippen molar-refractivity contribution in [2.75, 3.05) is 42.2 Å². The zero-order chi connectivity index (χ0) is 18.7. The van der Waals surface area contributed by atoms with Crippen molar-refractivity contribution >= 4 is 27.0 Å². The summed E-state index contributed by atoms with van der Waals surface area (Å²) in [6.07, 6.45) is 3.49. The van der Waals surface area contributed by atoms with Crippen molar-refractivity contribution in [3.63, 3.8) is 0 Å². The van der Waals surface area contributed by atoms with Crippen molar-refractivity contribution < 1.29 is 13.3 Å². The third kappa shape index (κ3) is 3.90. The fraction of sp³-hybridized carbons (Fsp3) is 0.375. The standard InChI is InChI=1S/C16H19N5O4S/c1-26(24,25)15-12-13(21(22)23)5-6-14(15)19-8-3-9-20(11-10-19)16-4-2-7-17-18-16/h2,4-7,12H,3,8-11H2,1H3. The molecule has 0 saturated carbocycles. The van der Waals surface area contributed by atoms with E-state index in [1.165, 1.54) is 12.1 Å². The Morgan fingerprint density at radius 1 is 1.12 bits per heavy atom. The molecule has 1 fully saturated rings. The molecular weight excluding hydrogens is 358 g/mol. The summed E-state index contributed by atoms with van der Waals surface area (Å²) >= 11 is 0. The van der Waals surface area contributed by atoms with E-state index in [-0.39, 0.29) is 10.6 Å². The van der Waals surface area contributed by atoms with Gasteiger partial charge in [0, 0.05) is 50.8 Å². The van der Waals surface area contributed by atoms with Gasteiger partial charge < -0.3 is 9.80 Å². The summed E-state index contributed by atoms with van der Waals surface area (Å²) in [7, 11) is -3.60. The van der Waals surface area contributed by atoms with Crippen LogP contribution >= 0.6 is 0 Å². The van der Waals surface area contributed by atoms with E-state index >= 15 is 0 Å². The van der Waals surface area contributed by atoms with Crippen LogP contribution in [0.4, 0.5) is 17.2 Å². The molecule has 138 valence electrons. The van der Waals surface area contributed by atoms with Crippen LogP contribution in [0.25, 0.3) is 0 Å². The fourth-order valence-corrected chi connectivity index (χ4v) is 3.94. The molecule has 2 aromatic rings. The van der Waals surface area contributed by atoms with Gasteiger partial charge in [0.05, 0.1) is 15.5 Å². The van der Waals surface area contributed by atoms with Crippen LogP contribution in [-0.2, 0) is 9.84 Å². The lowest BCUT2D eigenvalue weighted by molar-refractivity contribution is -0.385. The molecule has 1 aromatic carbocycles. The molecule has 2 heterocycles. The molecule has 0 radical (unpaired) electrons. The Bertz CT molecular complexity index is 904. The number of sulfone groups is 1. The SMILES string of the molecule is CS(=O)(=O)c1cc([N+](=O)[O-])ccc1N1CCCN(c2cccnn2)CC1. The molecule has 1 aliphatic heterocycles. The summed E-state index contributed by atoms with van der Waals surface area (Å²) in [5.74, 6) is 0.779. The topological polar surface area (TPSA) is 110 Å². The van der Waals surface area contributed by atoms with Crippen LogP contribution in [0.5, 0.6) is 0 Å². The van der Waals surface area contributed by atoms with E-state index < -0.39 is 14.8 Å². The molecule has 0 aliphatic carbocycles. The van der Waals surface area contributed by atoms with Crippen molar-refractivity contribution in [2.24, 2.45) is 0 Å². The maximum Gasteiger partial charge on any atom is 0.270 e. The molecule has 0 spiro atoms. The highest BCUT2D eigenvalue weighted by Crippen LogP contribution is 2.30. The van der Waals surface area contributed by atoms with Crippen LogP contribution in [0.2, 0.25) is 0 Å². The van der Waals surface area contributed by atoms with E-state index in [0.29, 0.717) is 25.3 Å². The van der Waals surface area contributed by atoms with Crippen LogP contribution in [-0.4, -0.2) is 56.0 Å². The molecular formula is C16H19N5O4S. The van der Waals surface area contributed by atoms with Gasteiger partial charge in [0.15, 0.2) is 15.7 Å². The summed E-state index contributed by atoms with van der Waals surface area (Å²) < 4.78 is 24.3. The quantitative estimate of drug-likeness (QED) is 0.582. The number of nitro groups is 1. The van der Waals surface area contributed by atoms with Gasteiger partial charge in [0.2, 0.25) is 0 Å². The molecule has 0 N–H and O–H groups in total. The van der Waals surface area contributed by atoms with Gasteiger partial charge in [0.1, 0.15) is 0 Å². The molecule has 0 unspecified atom stereocenters. The van der Waals surface area contributed by atoms with Crippen LogP contribution in [0.3, 0.4) is 0 Å². The second-order valence-corrected chi connectivity index (χ2v) is 8.07. The number of non-ortho nitro benzene ring substituents is 1. The largest absolute Gasteiger partial charge is 0.369 e. The molecule has 0 atom stereocenters. The minimum absolute atomic E-state index is 0.0142. The number of nitrogens with zero attached hydrogens (tertiary/aromatic N) is 5. The highest BCUT2D eigenvalue weighted by Gasteiger charge is 2.24. The van der Waals surface area contributed by atoms with E-state index in [1.807, 2.05) is 17.0 Å². The molecule has 9 nitrogen and oxygen atoms in total. The van der Waals surface area contributed by atoms with Crippen LogP contribution in [0.1, 0.15) is 6.42 Å². The maximum absolute atomic E-state index is 12.2. The number of aromatic nitrogens is 2. The average molecular weight is 377 g/mol. The normalized spacial score (nSPS) is 15.6. The molecule has 0 bridgehead atoms. The van der Waals surface area contributed by atoms with Gasteiger partial charge in [-0.2, -0.15) is 5.10 Å². The van der Waals surface area contributed by atoms with Gasteiger partial charge in [-0.3, -0.25) is 10.1 Å². The van der Waals surface area contributed by atoms with Crippen molar-refractivity contribution in [3.8, 4) is 0 Å². The zero-order valence-electron chi connectivity index (χ0n) is 14.3. The van der Waals surface area contributed by atoms with Crippen molar-refractivity contribution in [3.05, 3.63) is 46.6 Å². The lowest BCUT2D eigenvalue weighted by Crippen LogP contribution is -2.31. The van der Waals surface area contributed by atoms with Crippen molar-refractivity contribution in [1.82, 2.24) is 10.2 Å². The first-order chi connectivity index (χ1) is 12.4. The summed E-state index contributed by atoms with van der Waals surface area (Å²) in [6.45, 7) is 2.66. The highest BCUT2D eigenvalue weighted by atomic mass is 32.2. The van der Waals surface area contributed by atoms with Gasteiger partial charge >= 0.3 is 0 Å². The Balaban J connectivity index is 1.88. The molecule has 26 heavy (non-hydrogen) atoms. The van der Waals surface area contributed by atoms with Crippen LogP contribution in [0.15, 0.2) is 41.4 Å². The highest BCUT2D eigenvalue weighted by molar-refractivity contribution is 7.90. The number of nitro benzene ring substituents is 1. The van der Waals surface area contributed by atoms with E-state index in [4.69, 9.17) is 0 Å². The fourth-order valence-electron chi connectivity index (χ4n) is 3.02. The maximum atomic E-state index is 12.2. The third-order valence-electron chi connectivity index (χ3n) is 4.27. The number of benzene rings is 1. The van der Waals surface area contributed by atoms with E-state index in [9.17, 15) is 18.5 Å². The number of anilines is 2. The second-order valence-electron chi connectivity index (χ2n) is 6.09. The van der Waals surface area contributed by atoms with E-state index in [2.05, 4.69) is 15.1 Å². The van der Waals surface area contributed by atoms with Gasteiger partial charge in [-0.05, 0) is 24.6 Å². The van der Waals surface area contributed by atoms with Gasteiger partial charge in [-0.25, -0.2) is 8.42 Å². The Kier molecular flexibility index (Phi) is 5.03. The first-order valence-corrected chi connectivity index (χ1v) is 10.0. The lowest BCUT2D eigenvalue weighted by Gasteiger charge is -2.25.